The van der Waals surface area contributed by atoms with Gasteiger partial charge in [-0.2, -0.15) is 21.1 Å². The maximum Gasteiger partial charge on any atom is 0.266 e. The van der Waals surface area contributed by atoms with Crippen molar-refractivity contribution in [3.05, 3.63) is 27.5 Å². The number of rotatable bonds is 5. The smallest absolute Gasteiger partial charge is 0.266 e. The number of carbonyl (C=O) groups excluding carboxylic acids is 1. The SMILES string of the molecule is CSCCn1c(=NC(=O)C2CCCCN2S(C)(=O)=O)sc2cc(Br)ccc21. The first-order valence-electron chi connectivity index (χ1n) is 8.64. The molecule has 0 N–H and O–H groups in total. The summed E-state index contributed by atoms with van der Waals surface area (Å²) in [7, 11) is -3.43. The van der Waals surface area contributed by atoms with E-state index in [-0.39, 0.29) is 5.91 Å². The molecule has 1 aliphatic heterocycles. The average Bonchev–Trinajstić information content (AvgIpc) is 2.95. The zero-order valence-corrected chi connectivity index (χ0v) is 19.3. The molecule has 1 amide bonds. The molecule has 0 saturated carbocycles. The van der Waals surface area contributed by atoms with Crippen molar-refractivity contribution in [3.63, 3.8) is 0 Å². The van der Waals surface area contributed by atoms with Gasteiger partial charge in [0, 0.05) is 23.3 Å². The number of fused-ring (bicyclic) bond motifs is 1. The molecule has 1 unspecified atom stereocenters. The van der Waals surface area contributed by atoms with Crippen molar-refractivity contribution in [1.82, 2.24) is 8.87 Å². The Morgan fingerprint density at radius 1 is 1.41 bits per heavy atom. The predicted molar refractivity (Wildman–Crippen MR) is 116 cm³/mol. The van der Waals surface area contributed by atoms with Crippen molar-refractivity contribution in [2.75, 3.05) is 24.8 Å². The van der Waals surface area contributed by atoms with Crippen LogP contribution in [-0.4, -0.2) is 54.0 Å². The lowest BCUT2D eigenvalue weighted by molar-refractivity contribution is -0.122. The van der Waals surface area contributed by atoms with Gasteiger partial charge in [-0.15, -0.1) is 0 Å². The average molecular weight is 492 g/mol. The maximum atomic E-state index is 12.9. The van der Waals surface area contributed by atoms with Gasteiger partial charge in [0.2, 0.25) is 10.0 Å². The van der Waals surface area contributed by atoms with E-state index in [0.29, 0.717) is 17.8 Å². The number of benzene rings is 1. The Morgan fingerprint density at radius 3 is 2.89 bits per heavy atom. The highest BCUT2D eigenvalue weighted by Gasteiger charge is 2.34. The lowest BCUT2D eigenvalue weighted by Crippen LogP contribution is -2.47. The quantitative estimate of drug-likeness (QED) is 0.643. The number of thiazole rings is 1. The van der Waals surface area contributed by atoms with E-state index in [9.17, 15) is 13.2 Å². The third kappa shape index (κ3) is 4.84. The number of amides is 1. The summed E-state index contributed by atoms with van der Waals surface area (Å²) in [6.07, 6.45) is 5.34. The summed E-state index contributed by atoms with van der Waals surface area (Å²) in [5.74, 6) is 0.533. The minimum absolute atomic E-state index is 0.372. The number of hydrogen-bond donors (Lipinski definition) is 0. The summed E-state index contributed by atoms with van der Waals surface area (Å²) >= 11 is 6.67. The molecular weight excluding hydrogens is 470 g/mol. The molecule has 1 aromatic heterocycles. The van der Waals surface area contributed by atoms with Crippen LogP contribution in [0.3, 0.4) is 0 Å². The monoisotopic (exact) mass is 491 g/mol. The van der Waals surface area contributed by atoms with Crippen molar-refractivity contribution < 1.29 is 13.2 Å². The second kappa shape index (κ2) is 8.77. The lowest BCUT2D eigenvalue weighted by Gasteiger charge is -2.31. The Bertz CT molecular complexity index is 1010. The third-order valence-electron chi connectivity index (χ3n) is 4.53. The maximum absolute atomic E-state index is 12.9. The largest absolute Gasteiger partial charge is 0.316 e. The summed E-state index contributed by atoms with van der Waals surface area (Å²) in [5, 5.41) is 0. The molecule has 10 heteroatoms. The summed E-state index contributed by atoms with van der Waals surface area (Å²) < 4.78 is 29.5. The molecule has 27 heavy (non-hydrogen) atoms. The van der Waals surface area contributed by atoms with Gasteiger partial charge < -0.3 is 4.57 Å². The van der Waals surface area contributed by atoms with Crippen LogP contribution in [0.2, 0.25) is 0 Å². The van der Waals surface area contributed by atoms with Crippen LogP contribution in [-0.2, 0) is 21.4 Å². The Morgan fingerprint density at radius 2 is 2.19 bits per heavy atom. The standard InChI is InChI=1S/C17H22BrN3O3S3/c1-25-10-9-20-13-7-6-12(18)11-15(13)26-17(20)19-16(22)14-5-3-4-8-21(14)27(2,23)24/h6-7,11,14H,3-5,8-10H2,1-2H3. The summed E-state index contributed by atoms with van der Waals surface area (Å²) in [4.78, 5) is 17.9. The van der Waals surface area contributed by atoms with E-state index in [1.165, 1.54) is 15.6 Å². The van der Waals surface area contributed by atoms with Gasteiger partial charge in [0.1, 0.15) is 6.04 Å². The summed E-state index contributed by atoms with van der Waals surface area (Å²) in [5.41, 5.74) is 1.03. The van der Waals surface area contributed by atoms with Crippen LogP contribution < -0.4 is 4.80 Å². The fourth-order valence-corrected chi connectivity index (χ4v) is 6.35. The second-order valence-corrected chi connectivity index (χ2v) is 11.3. The molecule has 1 saturated heterocycles. The van der Waals surface area contributed by atoms with Crippen molar-refractivity contribution in [2.24, 2.45) is 4.99 Å². The van der Waals surface area contributed by atoms with Crippen LogP contribution in [0.25, 0.3) is 10.2 Å². The molecule has 3 rings (SSSR count). The summed E-state index contributed by atoms with van der Waals surface area (Å²) in [6.45, 7) is 1.13. The van der Waals surface area contributed by atoms with Gasteiger partial charge in [0.05, 0.1) is 16.5 Å². The topological polar surface area (TPSA) is 71.7 Å². The molecule has 1 fully saturated rings. The minimum Gasteiger partial charge on any atom is -0.316 e. The molecular formula is C17H22BrN3O3S3. The van der Waals surface area contributed by atoms with E-state index in [1.54, 1.807) is 11.8 Å². The number of halogens is 1. The van der Waals surface area contributed by atoms with E-state index < -0.39 is 16.1 Å². The highest BCUT2D eigenvalue weighted by molar-refractivity contribution is 9.10. The molecule has 0 spiro atoms. The molecule has 2 aromatic rings. The Labute approximate surface area is 175 Å². The van der Waals surface area contributed by atoms with Gasteiger partial charge >= 0.3 is 0 Å². The van der Waals surface area contributed by atoms with Crippen LogP contribution >= 0.6 is 39.0 Å². The number of aromatic nitrogens is 1. The van der Waals surface area contributed by atoms with Crippen LogP contribution in [0.4, 0.5) is 0 Å². The molecule has 2 heterocycles. The van der Waals surface area contributed by atoms with Crippen molar-refractivity contribution in [2.45, 2.75) is 31.8 Å². The zero-order chi connectivity index (χ0) is 19.6. The predicted octanol–water partition coefficient (Wildman–Crippen LogP) is 3.07. The van der Waals surface area contributed by atoms with E-state index in [4.69, 9.17) is 0 Å². The first-order valence-corrected chi connectivity index (χ1v) is 13.5. The van der Waals surface area contributed by atoms with Gasteiger partial charge in [-0.05, 0) is 37.3 Å². The van der Waals surface area contributed by atoms with E-state index in [0.717, 1.165) is 46.1 Å². The second-order valence-electron chi connectivity index (χ2n) is 6.48. The number of thioether (sulfide) groups is 1. The van der Waals surface area contributed by atoms with Gasteiger partial charge in [-0.1, -0.05) is 33.7 Å². The molecule has 1 aromatic carbocycles. The Balaban J connectivity index is 2.04. The normalized spacial score (nSPS) is 19.7. The van der Waals surface area contributed by atoms with Gasteiger partial charge in [0.25, 0.3) is 5.91 Å². The molecule has 0 aliphatic carbocycles. The molecule has 1 atom stereocenters. The molecule has 148 valence electrons. The zero-order valence-electron chi connectivity index (χ0n) is 15.2. The number of aryl methyl sites for hydroxylation is 1. The lowest BCUT2D eigenvalue weighted by atomic mass is 10.0. The molecule has 0 radical (unpaired) electrons. The fraction of sp³-hybridized carbons (Fsp3) is 0.529. The van der Waals surface area contributed by atoms with Crippen LogP contribution in [0, 0.1) is 0 Å². The number of hydrogen-bond acceptors (Lipinski definition) is 5. The Kier molecular flexibility index (Phi) is 6.83. The number of piperidine rings is 1. The van der Waals surface area contributed by atoms with Crippen LogP contribution in [0.1, 0.15) is 19.3 Å². The van der Waals surface area contributed by atoms with E-state index in [1.807, 2.05) is 24.5 Å². The number of carbonyl (C=O) groups is 1. The Hall–Kier alpha value is -0.680. The number of sulfonamides is 1. The van der Waals surface area contributed by atoms with Crippen LogP contribution in [0.15, 0.2) is 27.7 Å². The van der Waals surface area contributed by atoms with Gasteiger partial charge in [-0.3, -0.25) is 4.79 Å². The first kappa shape index (κ1) is 21.0. The van der Waals surface area contributed by atoms with E-state index in [2.05, 4.69) is 25.5 Å². The van der Waals surface area contributed by atoms with Gasteiger partial charge in [0.15, 0.2) is 4.80 Å². The van der Waals surface area contributed by atoms with E-state index >= 15 is 0 Å². The van der Waals surface area contributed by atoms with Crippen molar-refractivity contribution in [3.8, 4) is 0 Å². The molecule has 6 nitrogen and oxygen atoms in total. The first-order chi connectivity index (χ1) is 12.8. The highest BCUT2D eigenvalue weighted by atomic mass is 79.9. The third-order valence-corrected chi connectivity index (χ3v) is 7.95. The molecule has 0 bridgehead atoms. The van der Waals surface area contributed by atoms with Crippen molar-refractivity contribution >= 4 is 65.2 Å². The number of nitrogens with zero attached hydrogens (tertiary/aromatic N) is 3. The van der Waals surface area contributed by atoms with Gasteiger partial charge in [-0.25, -0.2) is 8.42 Å². The highest BCUT2D eigenvalue weighted by Crippen LogP contribution is 2.24. The fourth-order valence-electron chi connectivity index (χ4n) is 3.25. The van der Waals surface area contributed by atoms with Crippen LogP contribution in [0.5, 0.6) is 0 Å². The van der Waals surface area contributed by atoms with Crippen molar-refractivity contribution in [1.29, 1.82) is 0 Å². The molecule has 1 aliphatic rings. The minimum atomic E-state index is -3.43. The summed E-state index contributed by atoms with van der Waals surface area (Å²) in [6, 6.07) is 5.31.